The second-order valence-corrected chi connectivity index (χ2v) is 5.22. The van der Waals surface area contributed by atoms with Gasteiger partial charge in [-0.15, -0.1) is 0 Å². The third-order valence-electron chi connectivity index (χ3n) is 3.36. The minimum absolute atomic E-state index is 0.0595. The number of carbonyl (C=O) groups is 1. The first-order valence-electron chi connectivity index (χ1n) is 7.00. The Morgan fingerprint density at radius 3 is 2.65 bits per heavy atom. The zero-order valence-electron chi connectivity index (χ0n) is 12.7. The summed E-state index contributed by atoms with van der Waals surface area (Å²) >= 11 is 0. The van der Waals surface area contributed by atoms with Crippen LogP contribution in [0.2, 0.25) is 0 Å². The summed E-state index contributed by atoms with van der Waals surface area (Å²) in [5.41, 5.74) is 2.32. The van der Waals surface area contributed by atoms with Crippen LogP contribution in [0.4, 0.5) is 0 Å². The zero-order valence-corrected chi connectivity index (χ0v) is 12.7. The number of amides is 1. The number of carbonyl (C=O) groups excluding carboxylic acids is 1. The molecule has 1 aromatic carbocycles. The number of nitrogens with one attached hydrogen (secondary N) is 1. The van der Waals surface area contributed by atoms with Gasteiger partial charge < -0.3 is 10.4 Å². The third kappa shape index (κ3) is 4.40. The Kier molecular flexibility index (Phi) is 6.27. The Bertz CT molecular complexity index is 524. The molecule has 20 heavy (non-hydrogen) atoms. The van der Waals surface area contributed by atoms with Crippen molar-refractivity contribution in [3.05, 3.63) is 34.9 Å². The monoisotopic (exact) mass is 273 g/mol. The Morgan fingerprint density at radius 2 is 2.10 bits per heavy atom. The number of aryl methyl sites for hydroxylation is 1. The molecule has 0 spiro atoms. The van der Waals surface area contributed by atoms with Crippen LogP contribution in [0.25, 0.3) is 0 Å². The highest BCUT2D eigenvalue weighted by molar-refractivity contribution is 5.96. The number of rotatable bonds is 4. The van der Waals surface area contributed by atoms with Crippen LogP contribution in [0.15, 0.2) is 18.2 Å². The SMILES string of the molecule is CCC(NC(=O)c1cc(C#CCO)ccc1C)C(C)C. The second kappa shape index (κ2) is 7.72. The highest BCUT2D eigenvalue weighted by atomic mass is 16.2. The van der Waals surface area contributed by atoms with E-state index in [1.165, 1.54) is 0 Å². The molecule has 0 heterocycles. The summed E-state index contributed by atoms with van der Waals surface area (Å²) in [6.45, 7) is 8.00. The minimum atomic E-state index is -0.180. The smallest absolute Gasteiger partial charge is 0.251 e. The van der Waals surface area contributed by atoms with E-state index in [1.54, 1.807) is 6.07 Å². The van der Waals surface area contributed by atoms with Gasteiger partial charge in [0, 0.05) is 17.2 Å². The average Bonchev–Trinajstić information content (AvgIpc) is 2.43. The Morgan fingerprint density at radius 1 is 1.40 bits per heavy atom. The minimum Gasteiger partial charge on any atom is -0.384 e. The van der Waals surface area contributed by atoms with Crippen LogP contribution in [0.1, 0.15) is 48.7 Å². The van der Waals surface area contributed by atoms with Crippen LogP contribution in [0.3, 0.4) is 0 Å². The standard InChI is InChI=1S/C17H23NO2/c1-5-16(12(2)3)18-17(20)15-11-14(7-6-10-19)9-8-13(15)4/h8-9,11-12,16,19H,5,10H2,1-4H3,(H,18,20). The van der Waals surface area contributed by atoms with Crippen molar-refractivity contribution in [1.82, 2.24) is 5.32 Å². The van der Waals surface area contributed by atoms with Crippen molar-refractivity contribution in [2.45, 2.75) is 40.2 Å². The first kappa shape index (κ1) is 16.3. The summed E-state index contributed by atoms with van der Waals surface area (Å²) in [6, 6.07) is 5.69. The molecule has 3 nitrogen and oxygen atoms in total. The Hall–Kier alpha value is -1.79. The van der Waals surface area contributed by atoms with Crippen molar-refractivity contribution in [1.29, 1.82) is 0 Å². The summed E-state index contributed by atoms with van der Waals surface area (Å²) in [5.74, 6) is 5.77. The average molecular weight is 273 g/mol. The van der Waals surface area contributed by atoms with Crippen molar-refractivity contribution < 1.29 is 9.90 Å². The summed E-state index contributed by atoms with van der Waals surface area (Å²) < 4.78 is 0. The van der Waals surface area contributed by atoms with Gasteiger partial charge in [-0.05, 0) is 37.0 Å². The van der Waals surface area contributed by atoms with Gasteiger partial charge in [0.1, 0.15) is 6.61 Å². The molecule has 2 N–H and O–H groups in total. The molecule has 0 aliphatic rings. The molecular weight excluding hydrogens is 250 g/mol. The lowest BCUT2D eigenvalue weighted by Gasteiger charge is -2.21. The topological polar surface area (TPSA) is 49.3 Å². The lowest BCUT2D eigenvalue weighted by atomic mass is 10.00. The number of hydrogen-bond acceptors (Lipinski definition) is 2. The molecule has 0 saturated carbocycles. The molecule has 1 amide bonds. The lowest BCUT2D eigenvalue weighted by molar-refractivity contribution is 0.0924. The van der Waals surface area contributed by atoms with Crippen molar-refractivity contribution in [3.63, 3.8) is 0 Å². The summed E-state index contributed by atoms with van der Waals surface area (Å²) in [5, 5.41) is 11.8. The fourth-order valence-electron chi connectivity index (χ4n) is 2.07. The second-order valence-electron chi connectivity index (χ2n) is 5.22. The third-order valence-corrected chi connectivity index (χ3v) is 3.36. The van der Waals surface area contributed by atoms with E-state index in [9.17, 15) is 4.79 Å². The lowest BCUT2D eigenvalue weighted by Crippen LogP contribution is -2.38. The van der Waals surface area contributed by atoms with E-state index in [0.717, 1.165) is 17.5 Å². The van der Waals surface area contributed by atoms with Crippen molar-refractivity contribution in [2.75, 3.05) is 6.61 Å². The maximum Gasteiger partial charge on any atom is 0.251 e. The largest absolute Gasteiger partial charge is 0.384 e. The maximum absolute atomic E-state index is 12.4. The van der Waals surface area contributed by atoms with Crippen LogP contribution >= 0.6 is 0 Å². The zero-order chi connectivity index (χ0) is 15.1. The van der Waals surface area contributed by atoms with E-state index in [-0.39, 0.29) is 18.6 Å². The van der Waals surface area contributed by atoms with Gasteiger partial charge in [0.2, 0.25) is 0 Å². The van der Waals surface area contributed by atoms with Crippen LogP contribution in [0, 0.1) is 24.7 Å². The van der Waals surface area contributed by atoms with Gasteiger partial charge in [-0.1, -0.05) is 38.7 Å². The Balaban J connectivity index is 2.97. The van der Waals surface area contributed by atoms with E-state index >= 15 is 0 Å². The Labute approximate surface area is 121 Å². The van der Waals surface area contributed by atoms with Gasteiger partial charge >= 0.3 is 0 Å². The quantitative estimate of drug-likeness (QED) is 0.828. The molecular formula is C17H23NO2. The van der Waals surface area contributed by atoms with Gasteiger partial charge in [-0.3, -0.25) is 4.79 Å². The number of aliphatic hydroxyl groups is 1. The van der Waals surface area contributed by atoms with Gasteiger partial charge in [0.15, 0.2) is 0 Å². The molecule has 3 heteroatoms. The van der Waals surface area contributed by atoms with Crippen molar-refractivity contribution >= 4 is 5.91 Å². The van der Waals surface area contributed by atoms with Crippen LogP contribution in [-0.4, -0.2) is 23.7 Å². The van der Waals surface area contributed by atoms with Crippen molar-refractivity contribution in [2.24, 2.45) is 5.92 Å². The fourth-order valence-corrected chi connectivity index (χ4v) is 2.07. The summed E-state index contributed by atoms with van der Waals surface area (Å²) in [7, 11) is 0. The molecule has 0 aliphatic carbocycles. The molecule has 0 aromatic heterocycles. The fraction of sp³-hybridized carbons (Fsp3) is 0.471. The number of aliphatic hydroxyl groups excluding tert-OH is 1. The molecule has 0 saturated heterocycles. The van der Waals surface area contributed by atoms with E-state index < -0.39 is 0 Å². The molecule has 1 unspecified atom stereocenters. The first-order valence-corrected chi connectivity index (χ1v) is 7.00. The molecule has 1 aromatic rings. The summed E-state index contributed by atoms with van der Waals surface area (Å²) in [6.07, 6.45) is 0.909. The van der Waals surface area contributed by atoms with Gasteiger partial charge in [0.25, 0.3) is 5.91 Å². The predicted molar refractivity (Wildman–Crippen MR) is 81.5 cm³/mol. The van der Waals surface area contributed by atoms with Gasteiger partial charge in [-0.25, -0.2) is 0 Å². The van der Waals surface area contributed by atoms with Crippen LogP contribution in [0.5, 0.6) is 0 Å². The van der Waals surface area contributed by atoms with Gasteiger partial charge in [-0.2, -0.15) is 0 Å². The van der Waals surface area contributed by atoms with E-state index in [0.29, 0.717) is 11.5 Å². The first-order chi connectivity index (χ1) is 9.49. The number of benzene rings is 1. The van der Waals surface area contributed by atoms with E-state index in [2.05, 4.69) is 37.9 Å². The molecule has 0 bridgehead atoms. The van der Waals surface area contributed by atoms with Crippen LogP contribution < -0.4 is 5.32 Å². The molecule has 0 aliphatic heterocycles. The summed E-state index contributed by atoms with van der Waals surface area (Å²) in [4.78, 5) is 12.4. The van der Waals surface area contributed by atoms with E-state index in [1.807, 2.05) is 19.1 Å². The normalized spacial score (nSPS) is 11.7. The highest BCUT2D eigenvalue weighted by Gasteiger charge is 2.16. The van der Waals surface area contributed by atoms with Crippen LogP contribution in [-0.2, 0) is 0 Å². The molecule has 0 fully saturated rings. The predicted octanol–water partition coefficient (Wildman–Crippen LogP) is 2.50. The van der Waals surface area contributed by atoms with E-state index in [4.69, 9.17) is 5.11 Å². The number of hydrogen-bond donors (Lipinski definition) is 2. The molecule has 1 rings (SSSR count). The van der Waals surface area contributed by atoms with Gasteiger partial charge in [0.05, 0.1) is 0 Å². The maximum atomic E-state index is 12.4. The molecule has 108 valence electrons. The molecule has 0 radical (unpaired) electrons. The van der Waals surface area contributed by atoms with Crippen molar-refractivity contribution in [3.8, 4) is 11.8 Å². The molecule has 1 atom stereocenters. The highest BCUT2D eigenvalue weighted by Crippen LogP contribution is 2.13.